The maximum Gasteiger partial charge on any atom is 0.244 e. The van der Waals surface area contributed by atoms with E-state index in [1.807, 2.05) is 18.2 Å². The number of nitrogens with one attached hydrogen (secondary N) is 1. The van der Waals surface area contributed by atoms with Crippen molar-refractivity contribution in [3.05, 3.63) is 60.8 Å². The van der Waals surface area contributed by atoms with Crippen molar-refractivity contribution in [1.29, 1.82) is 0 Å². The third-order valence-electron chi connectivity index (χ3n) is 4.64. The highest BCUT2D eigenvalue weighted by Gasteiger charge is 2.25. The minimum absolute atomic E-state index is 0.161. The minimum atomic E-state index is -0.783. The van der Waals surface area contributed by atoms with Crippen molar-refractivity contribution in [3.63, 3.8) is 0 Å². The number of carbonyl (C=O) groups excluding carboxylic acids is 1. The highest BCUT2D eigenvalue weighted by Crippen LogP contribution is 2.20. The zero-order valence-electron chi connectivity index (χ0n) is 18.9. The third-order valence-corrected chi connectivity index (χ3v) is 4.64. The van der Waals surface area contributed by atoms with E-state index in [0.29, 0.717) is 6.54 Å². The number of aliphatic hydroxyl groups is 1. The Hall–Kier alpha value is -1.87. The van der Waals surface area contributed by atoms with Gasteiger partial charge in [0, 0.05) is 12.6 Å². The molecule has 3 heteroatoms. The Morgan fingerprint density at radius 3 is 1.83 bits per heavy atom. The number of rotatable bonds is 17. The first-order valence-corrected chi connectivity index (χ1v) is 11.4. The molecule has 0 unspecified atom stereocenters. The molecular weight excluding hydrogens is 358 g/mol. The maximum atomic E-state index is 12.0. The van der Waals surface area contributed by atoms with E-state index in [1.165, 1.54) is 12.5 Å². The molecule has 0 aliphatic carbocycles. The lowest BCUT2D eigenvalue weighted by atomic mass is 9.91. The summed E-state index contributed by atoms with van der Waals surface area (Å²) in [5.41, 5.74) is -0.783. The van der Waals surface area contributed by atoms with Crippen LogP contribution < -0.4 is 5.32 Å². The molecule has 0 spiro atoms. The molecule has 3 nitrogen and oxygen atoms in total. The van der Waals surface area contributed by atoms with Crippen LogP contribution in [0, 0.1) is 0 Å². The molecule has 0 heterocycles. The van der Waals surface area contributed by atoms with Gasteiger partial charge in [0.15, 0.2) is 0 Å². The number of unbranched alkanes of at least 4 members (excludes halogenated alkanes) is 4. The van der Waals surface area contributed by atoms with E-state index >= 15 is 0 Å². The Bertz CT molecular complexity index is 533. The molecule has 164 valence electrons. The molecule has 0 aliphatic heterocycles. The van der Waals surface area contributed by atoms with E-state index < -0.39 is 5.60 Å². The van der Waals surface area contributed by atoms with E-state index in [9.17, 15) is 9.90 Å². The monoisotopic (exact) mass is 401 g/mol. The zero-order chi connectivity index (χ0) is 21.6. The van der Waals surface area contributed by atoms with Crippen LogP contribution in [-0.4, -0.2) is 23.2 Å². The van der Waals surface area contributed by atoms with E-state index in [1.54, 1.807) is 6.08 Å². The average Bonchev–Trinajstić information content (AvgIpc) is 2.73. The molecule has 0 saturated heterocycles. The fraction of sp³-hybridized carbons (Fsp3) is 0.577. The van der Waals surface area contributed by atoms with E-state index in [4.69, 9.17) is 0 Å². The summed E-state index contributed by atoms with van der Waals surface area (Å²) in [5, 5.41) is 13.6. The smallest absolute Gasteiger partial charge is 0.244 e. The fourth-order valence-electron chi connectivity index (χ4n) is 2.78. The molecule has 29 heavy (non-hydrogen) atoms. The second-order valence-electron chi connectivity index (χ2n) is 7.54. The molecule has 0 bridgehead atoms. The summed E-state index contributed by atoms with van der Waals surface area (Å²) in [7, 11) is 0. The summed E-state index contributed by atoms with van der Waals surface area (Å²) in [6, 6.07) is 0. The standard InChI is InChI=1S/C26H43NO2/c1-4-7-10-11-12-13-14-15-16-17-18-19-20-21-25(28)27-24-26(29,22-8-5-2)23-9-6-3/h10-13,16-21,29H,4-9,14-15,22-24H2,1-3H3,(H,27,28). The van der Waals surface area contributed by atoms with Crippen LogP contribution >= 0.6 is 0 Å². The number of hydrogen-bond acceptors (Lipinski definition) is 2. The SMILES string of the molecule is CCCC=CC=CCCC=CC=CC=CC(=O)NCC(O)(CCCC)CCCC. The summed E-state index contributed by atoms with van der Waals surface area (Å²) in [5.74, 6) is -0.161. The largest absolute Gasteiger partial charge is 0.388 e. The molecule has 0 saturated carbocycles. The lowest BCUT2D eigenvalue weighted by Crippen LogP contribution is -2.42. The van der Waals surface area contributed by atoms with Gasteiger partial charge in [0.1, 0.15) is 0 Å². The first-order chi connectivity index (χ1) is 14.1. The van der Waals surface area contributed by atoms with Crippen LogP contribution in [0.5, 0.6) is 0 Å². The van der Waals surface area contributed by atoms with E-state index in [0.717, 1.165) is 57.8 Å². The Balaban J connectivity index is 4.10. The van der Waals surface area contributed by atoms with Crippen molar-refractivity contribution in [1.82, 2.24) is 5.32 Å². The Morgan fingerprint density at radius 1 is 0.759 bits per heavy atom. The Morgan fingerprint density at radius 2 is 1.28 bits per heavy atom. The Labute approximate surface area is 179 Å². The second kappa shape index (κ2) is 19.4. The molecule has 0 rings (SSSR count). The number of hydrogen-bond donors (Lipinski definition) is 2. The van der Waals surface area contributed by atoms with Crippen LogP contribution in [0.25, 0.3) is 0 Å². The van der Waals surface area contributed by atoms with E-state index in [2.05, 4.69) is 56.5 Å². The lowest BCUT2D eigenvalue weighted by molar-refractivity contribution is -0.118. The lowest BCUT2D eigenvalue weighted by Gasteiger charge is -2.28. The topological polar surface area (TPSA) is 49.3 Å². The van der Waals surface area contributed by atoms with Gasteiger partial charge in [0.2, 0.25) is 5.91 Å². The molecular formula is C26H43NO2. The van der Waals surface area contributed by atoms with Crippen molar-refractivity contribution in [2.45, 2.75) is 90.6 Å². The minimum Gasteiger partial charge on any atom is -0.388 e. The number of carbonyl (C=O) groups is 1. The second-order valence-corrected chi connectivity index (χ2v) is 7.54. The molecule has 0 aromatic carbocycles. The third kappa shape index (κ3) is 17.9. The van der Waals surface area contributed by atoms with Gasteiger partial charge < -0.3 is 10.4 Å². The molecule has 0 atom stereocenters. The number of amides is 1. The number of allylic oxidation sites excluding steroid dienone is 9. The summed E-state index contributed by atoms with van der Waals surface area (Å²) < 4.78 is 0. The summed E-state index contributed by atoms with van der Waals surface area (Å²) in [4.78, 5) is 12.0. The molecule has 1 amide bonds. The Kier molecular flexibility index (Phi) is 18.2. The van der Waals surface area contributed by atoms with Crippen molar-refractivity contribution in [3.8, 4) is 0 Å². The van der Waals surface area contributed by atoms with Gasteiger partial charge in [-0.3, -0.25) is 4.79 Å². The molecule has 0 aromatic heterocycles. The van der Waals surface area contributed by atoms with Crippen LogP contribution in [0.2, 0.25) is 0 Å². The quantitative estimate of drug-likeness (QED) is 0.164. The van der Waals surface area contributed by atoms with Gasteiger partial charge in [-0.25, -0.2) is 0 Å². The van der Waals surface area contributed by atoms with E-state index in [-0.39, 0.29) is 5.91 Å². The molecule has 0 radical (unpaired) electrons. The van der Waals surface area contributed by atoms with Crippen LogP contribution in [0.15, 0.2) is 60.8 Å². The highest BCUT2D eigenvalue weighted by molar-refractivity contribution is 5.87. The van der Waals surface area contributed by atoms with Crippen LogP contribution in [0.4, 0.5) is 0 Å². The maximum absolute atomic E-state index is 12.0. The first kappa shape index (κ1) is 27.1. The van der Waals surface area contributed by atoms with Gasteiger partial charge in [-0.1, -0.05) is 108 Å². The normalized spacial score (nSPS) is 13.1. The highest BCUT2D eigenvalue weighted by atomic mass is 16.3. The van der Waals surface area contributed by atoms with Crippen molar-refractivity contribution in [2.75, 3.05) is 6.54 Å². The van der Waals surface area contributed by atoms with Gasteiger partial charge in [-0.2, -0.15) is 0 Å². The van der Waals surface area contributed by atoms with Gasteiger partial charge in [0.25, 0.3) is 0 Å². The van der Waals surface area contributed by atoms with Crippen LogP contribution in [0.3, 0.4) is 0 Å². The van der Waals surface area contributed by atoms with Crippen molar-refractivity contribution in [2.24, 2.45) is 0 Å². The molecule has 0 aliphatic rings. The zero-order valence-corrected chi connectivity index (χ0v) is 18.9. The predicted molar refractivity (Wildman–Crippen MR) is 127 cm³/mol. The van der Waals surface area contributed by atoms with Gasteiger partial charge in [-0.05, 0) is 32.1 Å². The van der Waals surface area contributed by atoms with Gasteiger partial charge in [0.05, 0.1) is 5.60 Å². The molecule has 0 aromatic rings. The fourth-order valence-corrected chi connectivity index (χ4v) is 2.78. The first-order valence-electron chi connectivity index (χ1n) is 11.4. The molecule has 0 fully saturated rings. The summed E-state index contributed by atoms with van der Waals surface area (Å²) in [6.07, 6.45) is 29.6. The summed E-state index contributed by atoms with van der Waals surface area (Å²) in [6.45, 7) is 6.73. The van der Waals surface area contributed by atoms with Crippen molar-refractivity contribution < 1.29 is 9.90 Å². The predicted octanol–water partition coefficient (Wildman–Crippen LogP) is 6.58. The van der Waals surface area contributed by atoms with Crippen LogP contribution in [0.1, 0.15) is 85.0 Å². The van der Waals surface area contributed by atoms with Gasteiger partial charge in [-0.15, -0.1) is 0 Å². The van der Waals surface area contributed by atoms with Gasteiger partial charge >= 0.3 is 0 Å². The average molecular weight is 402 g/mol. The molecule has 2 N–H and O–H groups in total. The van der Waals surface area contributed by atoms with Crippen LogP contribution in [-0.2, 0) is 4.79 Å². The summed E-state index contributed by atoms with van der Waals surface area (Å²) >= 11 is 0. The van der Waals surface area contributed by atoms with Crippen molar-refractivity contribution >= 4 is 5.91 Å².